The lowest BCUT2D eigenvalue weighted by Crippen LogP contribution is -2.43. The molecule has 1 heterocycles. The summed E-state index contributed by atoms with van der Waals surface area (Å²) in [7, 11) is 1.17. The lowest BCUT2D eigenvalue weighted by Gasteiger charge is -2.27. The number of ketones is 1. The van der Waals surface area contributed by atoms with Gasteiger partial charge in [0.05, 0.1) is 13.7 Å². The maximum atomic E-state index is 12.4. The van der Waals surface area contributed by atoms with Gasteiger partial charge in [-0.15, -0.1) is 0 Å². The number of likely N-dealkylation sites (tertiary alicyclic amines) is 1. The molecule has 1 amide bonds. The molecule has 2 rings (SSSR count). The molecule has 23 heavy (non-hydrogen) atoms. The van der Waals surface area contributed by atoms with Crippen molar-refractivity contribution in [3.05, 3.63) is 33.8 Å². The molecule has 1 fully saturated rings. The molecule has 2 atom stereocenters. The van der Waals surface area contributed by atoms with Gasteiger partial charge in [0.1, 0.15) is 12.1 Å². The quantitative estimate of drug-likeness (QED) is 0.775. The van der Waals surface area contributed by atoms with Gasteiger partial charge in [0.15, 0.2) is 5.78 Å². The Labute approximate surface area is 143 Å². The predicted molar refractivity (Wildman–Crippen MR) is 83.5 cm³/mol. The summed E-state index contributed by atoms with van der Waals surface area (Å²) in [6.45, 7) is 1.79. The van der Waals surface area contributed by atoms with Crippen LogP contribution in [0.25, 0.3) is 0 Å². The summed E-state index contributed by atoms with van der Waals surface area (Å²) < 4.78 is 9.65. The van der Waals surface area contributed by atoms with Crippen molar-refractivity contribution in [2.24, 2.45) is 0 Å². The van der Waals surface area contributed by atoms with Gasteiger partial charge in [-0.25, -0.2) is 9.59 Å². The van der Waals surface area contributed by atoms with E-state index in [9.17, 15) is 14.4 Å². The highest BCUT2D eigenvalue weighted by molar-refractivity contribution is 6.35. The Morgan fingerprint density at radius 3 is 2.61 bits per heavy atom. The molecule has 0 bridgehead atoms. The first-order valence-electron chi connectivity index (χ1n) is 6.91. The van der Waals surface area contributed by atoms with Gasteiger partial charge < -0.3 is 9.47 Å². The highest BCUT2D eigenvalue weighted by Gasteiger charge is 2.49. The van der Waals surface area contributed by atoms with Gasteiger partial charge >= 0.3 is 12.1 Å². The number of methoxy groups -OCH3 is 1. The topological polar surface area (TPSA) is 72.9 Å². The Morgan fingerprint density at radius 1 is 1.35 bits per heavy atom. The lowest BCUT2D eigenvalue weighted by molar-refractivity contribution is -0.148. The molecule has 124 valence electrons. The van der Waals surface area contributed by atoms with E-state index in [0.29, 0.717) is 10.6 Å². The molecule has 0 aliphatic carbocycles. The molecular weight excluding hydrogens is 345 g/mol. The van der Waals surface area contributed by atoms with Crippen molar-refractivity contribution >= 4 is 41.0 Å². The van der Waals surface area contributed by atoms with Gasteiger partial charge in [-0.3, -0.25) is 9.69 Å². The van der Waals surface area contributed by atoms with Crippen LogP contribution in [0, 0.1) is 0 Å². The van der Waals surface area contributed by atoms with Gasteiger partial charge in [0.25, 0.3) is 0 Å². The number of ether oxygens (including phenoxy) is 2. The van der Waals surface area contributed by atoms with Crippen LogP contribution < -0.4 is 0 Å². The third-order valence-corrected chi connectivity index (χ3v) is 4.08. The van der Waals surface area contributed by atoms with E-state index < -0.39 is 24.1 Å². The van der Waals surface area contributed by atoms with Crippen LogP contribution in [-0.4, -0.2) is 42.5 Å². The molecule has 1 aromatic rings. The van der Waals surface area contributed by atoms with E-state index in [4.69, 9.17) is 32.7 Å². The van der Waals surface area contributed by atoms with E-state index in [2.05, 4.69) is 0 Å². The number of esters is 1. The zero-order valence-corrected chi connectivity index (χ0v) is 14.1. The summed E-state index contributed by atoms with van der Waals surface area (Å²) in [5.41, 5.74) is 0.387. The van der Waals surface area contributed by atoms with Crippen molar-refractivity contribution in [2.75, 3.05) is 13.7 Å². The van der Waals surface area contributed by atoms with Crippen molar-refractivity contribution in [1.29, 1.82) is 0 Å². The van der Waals surface area contributed by atoms with Gasteiger partial charge in [-0.1, -0.05) is 29.3 Å². The number of benzene rings is 1. The van der Waals surface area contributed by atoms with Crippen LogP contribution in [0.2, 0.25) is 10.0 Å². The van der Waals surface area contributed by atoms with Gasteiger partial charge in [-0.05, 0) is 19.1 Å². The minimum absolute atomic E-state index is 0.144. The molecule has 6 nitrogen and oxygen atoms in total. The molecule has 0 aromatic heterocycles. The minimum atomic E-state index is -1.04. The third kappa shape index (κ3) is 3.43. The zero-order valence-electron chi connectivity index (χ0n) is 12.5. The highest BCUT2D eigenvalue weighted by Crippen LogP contribution is 2.38. The lowest BCUT2D eigenvalue weighted by atomic mass is 10.0. The van der Waals surface area contributed by atoms with Gasteiger partial charge in [0, 0.05) is 22.0 Å². The van der Waals surface area contributed by atoms with Crippen LogP contribution in [0.1, 0.15) is 24.9 Å². The van der Waals surface area contributed by atoms with E-state index in [1.54, 1.807) is 19.1 Å². The second kappa shape index (κ2) is 7.19. The Bertz CT molecular complexity index is 649. The zero-order chi connectivity index (χ0) is 17.1. The third-order valence-electron chi connectivity index (χ3n) is 3.51. The number of hydrogen-bond donors (Lipinski definition) is 0. The fraction of sp³-hybridized carbons (Fsp3) is 0.400. The summed E-state index contributed by atoms with van der Waals surface area (Å²) in [6, 6.07) is 2.53. The Kier molecular flexibility index (Phi) is 5.49. The molecule has 1 aromatic carbocycles. The first-order valence-corrected chi connectivity index (χ1v) is 7.66. The summed E-state index contributed by atoms with van der Waals surface area (Å²) in [5, 5.41) is 0.630. The number of amides is 1. The average Bonchev–Trinajstić information content (AvgIpc) is 2.84. The number of carbonyl (C=O) groups excluding carboxylic acids is 3. The van der Waals surface area contributed by atoms with Crippen LogP contribution in [0.4, 0.5) is 4.79 Å². The number of halogens is 2. The Hall–Kier alpha value is -1.79. The molecule has 8 heteroatoms. The maximum absolute atomic E-state index is 12.4. The van der Waals surface area contributed by atoms with Crippen LogP contribution in [0.15, 0.2) is 18.2 Å². The highest BCUT2D eigenvalue weighted by atomic mass is 35.5. The molecule has 1 aliphatic heterocycles. The molecule has 0 radical (unpaired) electrons. The van der Waals surface area contributed by atoms with Crippen molar-refractivity contribution in [1.82, 2.24) is 4.90 Å². The monoisotopic (exact) mass is 359 g/mol. The fourth-order valence-corrected chi connectivity index (χ4v) is 3.07. The summed E-state index contributed by atoms with van der Waals surface area (Å²) >= 11 is 12.0. The molecule has 0 saturated carbocycles. The first kappa shape index (κ1) is 17.6. The van der Waals surface area contributed by atoms with E-state index in [1.165, 1.54) is 13.2 Å². The van der Waals surface area contributed by atoms with Crippen molar-refractivity contribution in [3.63, 3.8) is 0 Å². The van der Waals surface area contributed by atoms with Crippen LogP contribution in [0.3, 0.4) is 0 Å². The number of Topliss-reactive ketones (excluding diaryl/α,β-unsaturated/α-hetero) is 1. The Morgan fingerprint density at radius 2 is 2.04 bits per heavy atom. The average molecular weight is 360 g/mol. The van der Waals surface area contributed by atoms with Crippen LogP contribution in [-0.2, 0) is 19.1 Å². The number of rotatable bonds is 3. The standard InChI is InChI=1S/C15H15Cl2NO5/c1-3-23-14(20)11-7-12(19)13(18(11)15(21)22-2)9-5-4-8(16)6-10(9)17/h4-6,11,13H,3,7H2,1-2H3/t11-,13-/m0/s1. The smallest absolute Gasteiger partial charge is 0.411 e. The SMILES string of the molecule is CCOC(=O)[C@@H]1CC(=O)[C@H](c2ccc(Cl)cc2Cl)N1C(=O)OC. The summed E-state index contributed by atoms with van der Waals surface area (Å²) in [6.07, 6.45) is -0.956. The molecule has 1 aliphatic rings. The number of hydrogen-bond acceptors (Lipinski definition) is 5. The van der Waals surface area contributed by atoms with E-state index in [0.717, 1.165) is 4.90 Å². The van der Waals surface area contributed by atoms with Gasteiger partial charge in [0.2, 0.25) is 0 Å². The van der Waals surface area contributed by atoms with Crippen LogP contribution in [0.5, 0.6) is 0 Å². The summed E-state index contributed by atoms with van der Waals surface area (Å²) in [4.78, 5) is 37.7. The fourth-order valence-electron chi connectivity index (χ4n) is 2.56. The predicted octanol–water partition coefficient (Wildman–Crippen LogP) is 3.01. The van der Waals surface area contributed by atoms with E-state index >= 15 is 0 Å². The van der Waals surface area contributed by atoms with Crippen molar-refractivity contribution in [2.45, 2.75) is 25.4 Å². The largest absolute Gasteiger partial charge is 0.464 e. The second-order valence-corrected chi connectivity index (χ2v) is 5.73. The molecular formula is C15H15Cl2NO5. The van der Waals surface area contributed by atoms with Gasteiger partial charge in [-0.2, -0.15) is 0 Å². The van der Waals surface area contributed by atoms with Crippen LogP contribution >= 0.6 is 23.2 Å². The molecule has 0 unspecified atom stereocenters. The van der Waals surface area contributed by atoms with Crippen molar-refractivity contribution < 1.29 is 23.9 Å². The van der Waals surface area contributed by atoms with E-state index in [1.807, 2.05) is 0 Å². The first-order chi connectivity index (χ1) is 10.9. The number of nitrogens with zero attached hydrogens (tertiary/aromatic N) is 1. The normalized spacial score (nSPS) is 20.5. The molecule has 1 saturated heterocycles. The second-order valence-electron chi connectivity index (χ2n) is 4.88. The van der Waals surface area contributed by atoms with Crippen molar-refractivity contribution in [3.8, 4) is 0 Å². The Balaban J connectivity index is 2.45. The van der Waals surface area contributed by atoms with E-state index in [-0.39, 0.29) is 23.8 Å². The molecule has 0 spiro atoms. The summed E-state index contributed by atoms with van der Waals surface area (Å²) in [5.74, 6) is -0.975. The maximum Gasteiger partial charge on any atom is 0.411 e. The molecule has 0 N–H and O–H groups in total. The number of carbonyl (C=O) groups is 3. The minimum Gasteiger partial charge on any atom is -0.464 e.